The lowest BCUT2D eigenvalue weighted by Gasteiger charge is -2.28. The number of hydrogen-bond donors (Lipinski definition) is 4. The monoisotopic (exact) mass is 503 g/mol. The van der Waals surface area contributed by atoms with E-state index in [0.717, 1.165) is 17.3 Å². The average molecular weight is 504 g/mol. The van der Waals surface area contributed by atoms with Gasteiger partial charge in [0.25, 0.3) is 5.91 Å². The quantitative estimate of drug-likeness (QED) is 0.444. The van der Waals surface area contributed by atoms with Crippen LogP contribution in [0.4, 0.5) is 0 Å². The molecule has 11 heteroatoms. The van der Waals surface area contributed by atoms with E-state index in [1.54, 1.807) is 18.1 Å². The molecule has 35 heavy (non-hydrogen) atoms. The molecule has 4 amide bonds. The summed E-state index contributed by atoms with van der Waals surface area (Å²) in [6.07, 6.45) is 5.75. The molecule has 2 fully saturated rings. The maximum atomic E-state index is 13.5. The second kappa shape index (κ2) is 9.80. The summed E-state index contributed by atoms with van der Waals surface area (Å²) >= 11 is 0. The van der Waals surface area contributed by atoms with Gasteiger partial charge >= 0.3 is 0 Å². The van der Waals surface area contributed by atoms with Crippen molar-refractivity contribution >= 4 is 44.6 Å². The van der Waals surface area contributed by atoms with Gasteiger partial charge in [-0.2, -0.15) is 0 Å². The minimum atomic E-state index is -1.25. The summed E-state index contributed by atoms with van der Waals surface area (Å²) in [6, 6.07) is 5.53. The van der Waals surface area contributed by atoms with Crippen LogP contribution in [0, 0.1) is 5.92 Å². The smallest absolute Gasteiger partial charge is 0.271 e. The molecule has 5 N–H and O–H groups in total. The van der Waals surface area contributed by atoms with Crippen molar-refractivity contribution in [3.63, 3.8) is 0 Å². The van der Waals surface area contributed by atoms with Crippen LogP contribution in [0.25, 0.3) is 10.9 Å². The van der Waals surface area contributed by atoms with Crippen molar-refractivity contribution in [1.82, 2.24) is 20.5 Å². The highest BCUT2D eigenvalue weighted by molar-refractivity contribution is 8.32. The van der Waals surface area contributed by atoms with Crippen LogP contribution in [0.15, 0.2) is 24.3 Å². The maximum Gasteiger partial charge on any atom is 0.271 e. The fourth-order valence-electron chi connectivity index (χ4n) is 4.89. The second-order valence-corrected chi connectivity index (χ2v) is 13.9. The predicted molar refractivity (Wildman–Crippen MR) is 135 cm³/mol. The van der Waals surface area contributed by atoms with E-state index in [0.29, 0.717) is 36.0 Å². The first-order valence-electron chi connectivity index (χ1n) is 11.6. The lowest BCUT2D eigenvalue weighted by molar-refractivity contribution is -0.132. The van der Waals surface area contributed by atoms with Crippen molar-refractivity contribution in [1.29, 1.82) is 0 Å². The Morgan fingerprint density at radius 2 is 2.09 bits per heavy atom. The standard InChI is InChI=1S/C24H33N5O5S/c1-34-20-8-4-7-16-15(20)11-18(27-16)24(33)29-13-35(2,3)12-19(29)23(32)28-17(21(25)30)10-14-6-5-9-26-22(14)31/h4,7-8,11,14,17,19,27H,5-6,9-10,12-13H2,1-3H3,(H2,25,30)(H,26,31)(H,28,32)/t14-,17-,19-/m0/s1. The number of carbonyl (C=O) groups is 4. The third-order valence-electron chi connectivity index (χ3n) is 6.69. The summed E-state index contributed by atoms with van der Waals surface area (Å²) in [5.41, 5.74) is 6.71. The molecule has 0 saturated carbocycles. The molecule has 2 aliphatic rings. The molecular weight excluding hydrogens is 470 g/mol. The zero-order chi connectivity index (χ0) is 25.3. The number of H-pyrrole nitrogens is 1. The lowest BCUT2D eigenvalue weighted by atomic mass is 9.91. The summed E-state index contributed by atoms with van der Waals surface area (Å²) in [7, 11) is 0.319. The number of nitrogens with one attached hydrogen (secondary N) is 3. The minimum absolute atomic E-state index is 0.130. The summed E-state index contributed by atoms with van der Waals surface area (Å²) in [6.45, 7) is 0.611. The van der Waals surface area contributed by atoms with Gasteiger partial charge in [-0.25, -0.2) is 10.0 Å². The lowest BCUT2D eigenvalue weighted by Crippen LogP contribution is -2.54. The Kier molecular flexibility index (Phi) is 6.98. The first kappa shape index (κ1) is 24.9. The van der Waals surface area contributed by atoms with E-state index >= 15 is 0 Å². The van der Waals surface area contributed by atoms with Crippen LogP contribution in [0.2, 0.25) is 0 Å². The van der Waals surface area contributed by atoms with Crippen molar-refractivity contribution in [2.24, 2.45) is 11.7 Å². The summed E-state index contributed by atoms with van der Waals surface area (Å²) in [4.78, 5) is 55.9. The average Bonchev–Trinajstić information content (AvgIpc) is 3.39. The zero-order valence-corrected chi connectivity index (χ0v) is 21.1. The van der Waals surface area contributed by atoms with Crippen molar-refractivity contribution in [3.05, 3.63) is 30.0 Å². The van der Waals surface area contributed by atoms with Crippen LogP contribution in [-0.4, -0.2) is 83.4 Å². The van der Waals surface area contributed by atoms with E-state index in [9.17, 15) is 19.2 Å². The third-order valence-corrected chi connectivity index (χ3v) is 8.89. The highest BCUT2D eigenvalue weighted by Crippen LogP contribution is 2.48. The molecule has 2 aliphatic heterocycles. The van der Waals surface area contributed by atoms with Gasteiger partial charge in [0.15, 0.2) is 0 Å². The van der Waals surface area contributed by atoms with Crippen LogP contribution in [-0.2, 0) is 14.4 Å². The molecule has 3 heterocycles. The molecule has 4 rings (SSSR count). The van der Waals surface area contributed by atoms with Gasteiger partial charge < -0.3 is 31.0 Å². The Morgan fingerprint density at radius 1 is 1.31 bits per heavy atom. The van der Waals surface area contributed by atoms with Gasteiger partial charge in [-0.05, 0) is 50.0 Å². The van der Waals surface area contributed by atoms with E-state index in [2.05, 4.69) is 28.1 Å². The Balaban J connectivity index is 1.54. The number of ether oxygens (including phenoxy) is 1. The maximum absolute atomic E-state index is 13.5. The third kappa shape index (κ3) is 5.24. The summed E-state index contributed by atoms with van der Waals surface area (Å²) in [5.74, 6) is -0.293. The zero-order valence-electron chi connectivity index (χ0n) is 20.3. The Hall–Kier alpha value is -3.21. The van der Waals surface area contributed by atoms with Gasteiger partial charge in [0.2, 0.25) is 17.7 Å². The molecular formula is C24H33N5O5S. The number of benzene rings is 1. The molecule has 0 bridgehead atoms. The van der Waals surface area contributed by atoms with Crippen LogP contribution < -0.4 is 21.1 Å². The number of nitrogens with two attached hydrogens (primary N) is 1. The number of nitrogens with zero attached hydrogens (tertiary/aromatic N) is 1. The van der Waals surface area contributed by atoms with Crippen molar-refractivity contribution < 1.29 is 23.9 Å². The largest absolute Gasteiger partial charge is 0.496 e. The number of aromatic nitrogens is 1. The molecule has 190 valence electrons. The number of aromatic amines is 1. The van der Waals surface area contributed by atoms with E-state index in [1.807, 2.05) is 18.2 Å². The number of fused-ring (bicyclic) bond motifs is 1. The van der Waals surface area contributed by atoms with Gasteiger partial charge in [0.05, 0.1) is 13.0 Å². The fourth-order valence-corrected chi connectivity index (χ4v) is 7.23. The van der Waals surface area contributed by atoms with Crippen LogP contribution in [0.1, 0.15) is 29.8 Å². The molecule has 2 aromatic rings. The number of methoxy groups -OCH3 is 1. The Labute approximate surface area is 205 Å². The molecule has 2 saturated heterocycles. The first-order chi connectivity index (χ1) is 16.6. The van der Waals surface area contributed by atoms with Gasteiger partial charge in [0.1, 0.15) is 23.5 Å². The number of hydrogen-bond acceptors (Lipinski definition) is 5. The highest BCUT2D eigenvalue weighted by atomic mass is 32.3. The number of primary amides is 1. The number of carbonyl (C=O) groups excluding carboxylic acids is 4. The summed E-state index contributed by atoms with van der Waals surface area (Å²) < 4.78 is 5.40. The molecule has 0 spiro atoms. The highest BCUT2D eigenvalue weighted by Gasteiger charge is 2.43. The Bertz CT molecular complexity index is 1160. The van der Waals surface area contributed by atoms with E-state index in [4.69, 9.17) is 10.5 Å². The molecule has 10 nitrogen and oxygen atoms in total. The molecule has 0 radical (unpaired) electrons. The van der Waals surface area contributed by atoms with Gasteiger partial charge in [-0.3, -0.25) is 19.2 Å². The van der Waals surface area contributed by atoms with Crippen molar-refractivity contribution in [3.8, 4) is 5.75 Å². The van der Waals surface area contributed by atoms with Crippen molar-refractivity contribution in [2.75, 3.05) is 37.8 Å². The predicted octanol–water partition coefficient (Wildman–Crippen LogP) is 0.909. The fraction of sp³-hybridized carbons (Fsp3) is 0.500. The second-order valence-electron chi connectivity index (χ2n) is 9.79. The number of amides is 4. The Morgan fingerprint density at radius 3 is 2.77 bits per heavy atom. The van der Waals surface area contributed by atoms with Crippen molar-refractivity contribution in [2.45, 2.75) is 31.3 Å². The van der Waals surface area contributed by atoms with Gasteiger partial charge in [-0.15, -0.1) is 0 Å². The minimum Gasteiger partial charge on any atom is -0.496 e. The molecule has 3 atom stereocenters. The van der Waals surface area contributed by atoms with Crippen LogP contribution >= 0.6 is 10.0 Å². The van der Waals surface area contributed by atoms with Crippen LogP contribution in [0.3, 0.4) is 0 Å². The normalized spacial score (nSPS) is 23.4. The van der Waals surface area contributed by atoms with E-state index in [1.165, 1.54) is 0 Å². The van der Waals surface area contributed by atoms with Crippen LogP contribution in [0.5, 0.6) is 5.75 Å². The summed E-state index contributed by atoms with van der Waals surface area (Å²) in [5, 5.41) is 6.31. The SMILES string of the molecule is COc1cccc2[nH]c(C(=O)N3CS(C)(C)C[C@H]3C(=O)N[C@@H](C[C@@H]3CCCNC3=O)C(N)=O)cc12. The van der Waals surface area contributed by atoms with E-state index in [-0.39, 0.29) is 24.2 Å². The topological polar surface area (TPSA) is 147 Å². The van der Waals surface area contributed by atoms with E-state index < -0.39 is 33.9 Å². The molecule has 1 aromatic heterocycles. The number of rotatable bonds is 7. The molecule has 1 aromatic carbocycles. The van der Waals surface area contributed by atoms with Gasteiger partial charge in [0, 0.05) is 29.1 Å². The molecule has 0 aliphatic carbocycles. The van der Waals surface area contributed by atoms with Gasteiger partial charge in [-0.1, -0.05) is 6.07 Å². The number of piperidine rings is 1. The molecule has 0 unspecified atom stereocenters. The first-order valence-corrected chi connectivity index (χ1v) is 14.4.